The fourth-order valence-corrected chi connectivity index (χ4v) is 5.91. The Kier molecular flexibility index (Phi) is 8.91. The van der Waals surface area contributed by atoms with Crippen molar-refractivity contribution in [2.45, 2.75) is 44.9 Å². The van der Waals surface area contributed by atoms with Gasteiger partial charge in [0.1, 0.15) is 29.9 Å². The SMILES string of the molecule is COc1ccc(S(=O)(=O)N(Cc2nc(-c3ccc(OCc4ccccc4)cc3)oc2C)[C@@H](C(=O)O)C(C)C)cc1. The molecule has 0 bridgehead atoms. The summed E-state index contributed by atoms with van der Waals surface area (Å²) in [5.74, 6) is 0.0782. The van der Waals surface area contributed by atoms with Crippen LogP contribution < -0.4 is 9.47 Å². The van der Waals surface area contributed by atoms with Crippen molar-refractivity contribution in [1.82, 2.24) is 9.29 Å². The fraction of sp³-hybridized carbons (Fsp3) is 0.267. The van der Waals surface area contributed by atoms with E-state index < -0.39 is 28.0 Å². The van der Waals surface area contributed by atoms with Crippen LogP contribution in [0.4, 0.5) is 0 Å². The molecule has 0 saturated heterocycles. The summed E-state index contributed by atoms with van der Waals surface area (Å²) in [5, 5.41) is 10.00. The predicted octanol–water partition coefficient (Wildman–Crippen LogP) is 5.54. The Morgan fingerprint density at radius 2 is 1.60 bits per heavy atom. The van der Waals surface area contributed by atoms with Crippen molar-refractivity contribution in [3.8, 4) is 23.0 Å². The number of carboxylic acids is 1. The molecule has 0 spiro atoms. The molecule has 0 aliphatic carbocycles. The summed E-state index contributed by atoms with van der Waals surface area (Å²) in [7, 11) is -2.74. The highest BCUT2D eigenvalue weighted by Gasteiger charge is 2.39. The Morgan fingerprint density at radius 1 is 0.975 bits per heavy atom. The lowest BCUT2D eigenvalue weighted by Crippen LogP contribution is -2.47. The average molecular weight is 565 g/mol. The van der Waals surface area contributed by atoms with Gasteiger partial charge in [0.15, 0.2) is 0 Å². The number of sulfonamides is 1. The second-order valence-corrected chi connectivity index (χ2v) is 11.5. The summed E-state index contributed by atoms with van der Waals surface area (Å²) in [6.07, 6.45) is 0. The van der Waals surface area contributed by atoms with Crippen LogP contribution in [0.2, 0.25) is 0 Å². The lowest BCUT2D eigenvalue weighted by Gasteiger charge is -2.30. The second-order valence-electron chi connectivity index (χ2n) is 9.57. The molecule has 1 N–H and O–H groups in total. The number of hydrogen-bond acceptors (Lipinski definition) is 7. The molecule has 0 amide bonds. The maximum Gasteiger partial charge on any atom is 0.322 e. The Balaban J connectivity index is 1.60. The zero-order chi connectivity index (χ0) is 28.9. The molecule has 0 radical (unpaired) electrons. The minimum absolute atomic E-state index is 0.0485. The predicted molar refractivity (Wildman–Crippen MR) is 149 cm³/mol. The van der Waals surface area contributed by atoms with E-state index in [-0.39, 0.29) is 11.4 Å². The first-order chi connectivity index (χ1) is 19.1. The molecule has 1 atom stereocenters. The number of aromatic nitrogens is 1. The lowest BCUT2D eigenvalue weighted by atomic mass is 10.0. The number of ether oxygens (including phenoxy) is 2. The van der Waals surface area contributed by atoms with Gasteiger partial charge in [-0.3, -0.25) is 4.79 Å². The molecule has 0 aliphatic heterocycles. The summed E-state index contributed by atoms with van der Waals surface area (Å²) in [6.45, 7) is 5.15. The van der Waals surface area contributed by atoms with E-state index in [0.29, 0.717) is 41.0 Å². The number of hydrogen-bond donors (Lipinski definition) is 1. The highest BCUT2D eigenvalue weighted by molar-refractivity contribution is 7.89. The molecule has 40 heavy (non-hydrogen) atoms. The third-order valence-electron chi connectivity index (χ3n) is 6.41. The number of nitrogens with zero attached hydrogens (tertiary/aromatic N) is 2. The molecule has 4 rings (SSSR count). The third-order valence-corrected chi connectivity index (χ3v) is 8.25. The molecular formula is C30H32N2O7S. The van der Waals surface area contributed by atoms with Gasteiger partial charge in [-0.2, -0.15) is 4.31 Å². The fourth-order valence-electron chi connectivity index (χ4n) is 4.24. The number of rotatable bonds is 12. The Hall–Kier alpha value is -4.15. The molecule has 4 aromatic rings. The number of benzene rings is 3. The molecule has 210 valence electrons. The van der Waals surface area contributed by atoms with Crippen LogP contribution in [0.3, 0.4) is 0 Å². The van der Waals surface area contributed by atoms with Crippen LogP contribution in [0.5, 0.6) is 11.5 Å². The second kappa shape index (κ2) is 12.4. The molecule has 9 nitrogen and oxygen atoms in total. The molecule has 3 aromatic carbocycles. The highest BCUT2D eigenvalue weighted by atomic mass is 32.2. The number of aryl methyl sites for hydroxylation is 1. The third kappa shape index (κ3) is 6.52. The van der Waals surface area contributed by atoms with E-state index in [1.807, 2.05) is 30.3 Å². The quantitative estimate of drug-likeness (QED) is 0.238. The Labute approximate surface area is 234 Å². The van der Waals surface area contributed by atoms with E-state index in [2.05, 4.69) is 4.98 Å². The minimum atomic E-state index is -4.22. The van der Waals surface area contributed by atoms with Crippen LogP contribution in [-0.4, -0.2) is 41.9 Å². The van der Waals surface area contributed by atoms with Crippen molar-refractivity contribution in [1.29, 1.82) is 0 Å². The monoisotopic (exact) mass is 564 g/mol. The maximum atomic E-state index is 13.7. The Morgan fingerprint density at radius 3 is 2.17 bits per heavy atom. The maximum absolute atomic E-state index is 13.7. The van der Waals surface area contributed by atoms with E-state index >= 15 is 0 Å². The van der Waals surface area contributed by atoms with Crippen molar-refractivity contribution >= 4 is 16.0 Å². The van der Waals surface area contributed by atoms with E-state index in [1.165, 1.54) is 31.4 Å². The molecule has 0 fully saturated rings. The standard InChI is InChI=1S/C30H32N2O7S/c1-20(2)28(30(33)34)32(40(35,36)26-16-14-24(37-4)15-17-26)18-27-21(3)39-29(31-27)23-10-12-25(13-11-23)38-19-22-8-6-5-7-9-22/h5-17,20,28H,18-19H2,1-4H3,(H,33,34)/t28-/m1/s1. The van der Waals surface area contributed by atoms with Crippen molar-refractivity contribution < 1.29 is 32.2 Å². The molecular weight excluding hydrogens is 532 g/mol. The van der Waals surface area contributed by atoms with Gasteiger partial charge in [0.05, 0.1) is 24.2 Å². The molecule has 0 unspecified atom stereocenters. The molecule has 0 aliphatic rings. The Bertz CT molecular complexity index is 1530. The highest BCUT2D eigenvalue weighted by Crippen LogP contribution is 2.29. The smallest absolute Gasteiger partial charge is 0.322 e. The van der Waals surface area contributed by atoms with Crippen molar-refractivity contribution in [3.05, 3.63) is 95.9 Å². The molecule has 1 aromatic heterocycles. The summed E-state index contributed by atoms with van der Waals surface area (Å²) in [4.78, 5) is 16.8. The summed E-state index contributed by atoms with van der Waals surface area (Å²) >= 11 is 0. The van der Waals surface area contributed by atoms with Gasteiger partial charge < -0.3 is 19.0 Å². The molecule has 1 heterocycles. The topological polar surface area (TPSA) is 119 Å². The van der Waals surface area contributed by atoms with Crippen LogP contribution in [-0.2, 0) is 28.0 Å². The number of aliphatic carboxylic acids is 1. The summed E-state index contributed by atoms with van der Waals surface area (Å²) < 4.78 is 45.3. The van der Waals surface area contributed by atoms with Gasteiger partial charge in [0.2, 0.25) is 15.9 Å². The number of carbonyl (C=O) groups is 1. The largest absolute Gasteiger partial charge is 0.497 e. The van der Waals surface area contributed by atoms with E-state index in [9.17, 15) is 18.3 Å². The summed E-state index contributed by atoms with van der Waals surface area (Å²) in [5.41, 5.74) is 2.04. The van der Waals surface area contributed by atoms with Crippen molar-refractivity contribution in [3.63, 3.8) is 0 Å². The first-order valence-corrected chi connectivity index (χ1v) is 14.2. The van der Waals surface area contributed by atoms with Gasteiger partial charge in [-0.15, -0.1) is 0 Å². The van der Waals surface area contributed by atoms with Gasteiger partial charge in [0, 0.05) is 5.56 Å². The van der Waals surface area contributed by atoms with Gasteiger partial charge in [-0.05, 0) is 66.9 Å². The van der Waals surface area contributed by atoms with Crippen LogP contribution >= 0.6 is 0 Å². The number of carboxylic acid groups (broad SMARTS) is 1. The van der Waals surface area contributed by atoms with Crippen LogP contribution in [0.1, 0.15) is 30.9 Å². The van der Waals surface area contributed by atoms with Crippen molar-refractivity contribution in [2.24, 2.45) is 5.92 Å². The van der Waals surface area contributed by atoms with Crippen molar-refractivity contribution in [2.75, 3.05) is 7.11 Å². The zero-order valence-corrected chi connectivity index (χ0v) is 23.6. The first kappa shape index (κ1) is 28.8. The van der Waals surface area contributed by atoms with E-state index in [0.717, 1.165) is 9.87 Å². The van der Waals surface area contributed by atoms with E-state index in [1.54, 1.807) is 45.0 Å². The van der Waals surface area contributed by atoms with Crippen LogP contribution in [0, 0.1) is 12.8 Å². The summed E-state index contributed by atoms with van der Waals surface area (Å²) in [6, 6.07) is 21.5. The first-order valence-electron chi connectivity index (χ1n) is 12.7. The van der Waals surface area contributed by atoms with Gasteiger partial charge in [-0.25, -0.2) is 13.4 Å². The lowest BCUT2D eigenvalue weighted by molar-refractivity contribution is -0.143. The number of methoxy groups -OCH3 is 1. The average Bonchev–Trinajstić information content (AvgIpc) is 3.32. The van der Waals surface area contributed by atoms with Crippen LogP contribution in [0.15, 0.2) is 88.2 Å². The minimum Gasteiger partial charge on any atom is -0.497 e. The van der Waals surface area contributed by atoms with Crippen LogP contribution in [0.25, 0.3) is 11.5 Å². The zero-order valence-electron chi connectivity index (χ0n) is 22.8. The van der Waals surface area contributed by atoms with Gasteiger partial charge >= 0.3 is 5.97 Å². The molecule has 10 heteroatoms. The number of oxazole rings is 1. The van der Waals surface area contributed by atoms with Gasteiger partial charge in [0.25, 0.3) is 0 Å². The van der Waals surface area contributed by atoms with Gasteiger partial charge in [-0.1, -0.05) is 44.2 Å². The normalized spacial score (nSPS) is 12.4. The molecule has 0 saturated carbocycles. The van der Waals surface area contributed by atoms with E-state index in [4.69, 9.17) is 13.9 Å².